The zero-order chi connectivity index (χ0) is 11.0. The molecule has 1 fully saturated rings. The number of nitrogens with two attached hydrogens (primary N) is 1. The van der Waals surface area contributed by atoms with Crippen molar-refractivity contribution in [1.29, 1.82) is 0 Å². The fourth-order valence-corrected chi connectivity index (χ4v) is 2.18. The van der Waals surface area contributed by atoms with E-state index in [4.69, 9.17) is 10.5 Å². The van der Waals surface area contributed by atoms with Crippen LogP contribution in [0.15, 0.2) is 18.2 Å². The van der Waals surface area contributed by atoms with Gasteiger partial charge in [0.05, 0.1) is 7.11 Å². The highest BCUT2D eigenvalue weighted by Gasteiger charge is 2.36. The van der Waals surface area contributed by atoms with Gasteiger partial charge in [-0.15, -0.1) is 0 Å². The maximum absolute atomic E-state index is 13.4. The van der Waals surface area contributed by atoms with Crippen molar-refractivity contribution in [3.8, 4) is 5.75 Å². The van der Waals surface area contributed by atoms with E-state index in [1.54, 1.807) is 12.1 Å². The summed E-state index contributed by atoms with van der Waals surface area (Å²) in [6, 6.07) is 5.43. The van der Waals surface area contributed by atoms with Gasteiger partial charge < -0.3 is 10.5 Å². The van der Waals surface area contributed by atoms with Gasteiger partial charge in [-0.2, -0.15) is 0 Å². The van der Waals surface area contributed by atoms with E-state index in [1.807, 2.05) is 6.07 Å². The summed E-state index contributed by atoms with van der Waals surface area (Å²) in [5, 5.41) is 0. The van der Waals surface area contributed by atoms with Crippen LogP contribution in [0.25, 0.3) is 0 Å². The van der Waals surface area contributed by atoms with Crippen molar-refractivity contribution in [1.82, 2.24) is 0 Å². The molecule has 0 aliphatic heterocycles. The number of halogens is 1. The molecule has 0 saturated heterocycles. The van der Waals surface area contributed by atoms with Crippen LogP contribution in [0.1, 0.15) is 24.8 Å². The molecule has 0 aromatic heterocycles. The Morgan fingerprint density at radius 2 is 2.20 bits per heavy atom. The van der Waals surface area contributed by atoms with Gasteiger partial charge in [-0.3, -0.25) is 0 Å². The summed E-state index contributed by atoms with van der Waals surface area (Å²) in [6.07, 6.45) is 0.951. The van der Waals surface area contributed by atoms with Gasteiger partial charge in [0.15, 0.2) is 11.6 Å². The Labute approximate surface area is 89.2 Å². The number of methoxy groups -OCH3 is 1. The Kier molecular flexibility index (Phi) is 2.65. The van der Waals surface area contributed by atoms with Gasteiger partial charge in [-0.05, 0) is 36.0 Å². The predicted molar refractivity (Wildman–Crippen MR) is 57.4 cm³/mol. The second-order valence-electron chi connectivity index (χ2n) is 4.26. The SMILES string of the molecule is COc1ccc(C2CC(N)C2C)cc1F. The lowest BCUT2D eigenvalue weighted by molar-refractivity contribution is 0.226. The van der Waals surface area contributed by atoms with Crippen LogP contribution in [0.5, 0.6) is 5.75 Å². The van der Waals surface area contributed by atoms with Crippen molar-refractivity contribution in [2.75, 3.05) is 7.11 Å². The van der Waals surface area contributed by atoms with Gasteiger partial charge in [0, 0.05) is 6.04 Å². The van der Waals surface area contributed by atoms with E-state index in [9.17, 15) is 4.39 Å². The predicted octanol–water partition coefficient (Wildman–Crippen LogP) is 2.29. The fraction of sp³-hybridized carbons (Fsp3) is 0.500. The molecule has 3 heteroatoms. The molecule has 0 radical (unpaired) electrons. The van der Waals surface area contributed by atoms with Crippen molar-refractivity contribution in [3.05, 3.63) is 29.6 Å². The van der Waals surface area contributed by atoms with Crippen LogP contribution in [0.2, 0.25) is 0 Å². The van der Waals surface area contributed by atoms with Crippen molar-refractivity contribution in [3.63, 3.8) is 0 Å². The third-order valence-electron chi connectivity index (χ3n) is 3.44. The van der Waals surface area contributed by atoms with E-state index in [-0.39, 0.29) is 11.9 Å². The van der Waals surface area contributed by atoms with E-state index in [2.05, 4.69) is 6.92 Å². The molecule has 15 heavy (non-hydrogen) atoms. The van der Waals surface area contributed by atoms with E-state index in [0.29, 0.717) is 17.6 Å². The molecule has 1 aromatic carbocycles. The third-order valence-corrected chi connectivity index (χ3v) is 3.44. The van der Waals surface area contributed by atoms with Gasteiger partial charge in [-0.1, -0.05) is 13.0 Å². The smallest absolute Gasteiger partial charge is 0.165 e. The molecule has 1 saturated carbocycles. The van der Waals surface area contributed by atoms with E-state index in [0.717, 1.165) is 12.0 Å². The van der Waals surface area contributed by atoms with Gasteiger partial charge in [-0.25, -0.2) is 4.39 Å². The van der Waals surface area contributed by atoms with Gasteiger partial charge in [0.25, 0.3) is 0 Å². The number of hydrogen-bond donors (Lipinski definition) is 1. The monoisotopic (exact) mass is 209 g/mol. The molecule has 1 aliphatic carbocycles. The number of ether oxygens (including phenoxy) is 1. The van der Waals surface area contributed by atoms with E-state index in [1.165, 1.54) is 7.11 Å². The first kappa shape index (κ1) is 10.4. The minimum atomic E-state index is -0.289. The van der Waals surface area contributed by atoms with Crippen LogP contribution in [0.3, 0.4) is 0 Å². The standard InChI is InChI=1S/C12H16FNO/c1-7-9(6-11(7)14)8-3-4-12(15-2)10(13)5-8/h3-5,7,9,11H,6,14H2,1-2H3. The summed E-state index contributed by atoms with van der Waals surface area (Å²) in [5.74, 6) is 0.857. The lowest BCUT2D eigenvalue weighted by atomic mass is 9.67. The highest BCUT2D eigenvalue weighted by Crippen LogP contribution is 2.41. The lowest BCUT2D eigenvalue weighted by Gasteiger charge is -2.40. The second kappa shape index (κ2) is 3.81. The first-order valence-electron chi connectivity index (χ1n) is 5.22. The summed E-state index contributed by atoms with van der Waals surface area (Å²) in [4.78, 5) is 0. The lowest BCUT2D eigenvalue weighted by Crippen LogP contribution is -2.44. The maximum atomic E-state index is 13.4. The van der Waals surface area contributed by atoms with E-state index >= 15 is 0 Å². The molecular formula is C12H16FNO. The van der Waals surface area contributed by atoms with E-state index < -0.39 is 0 Å². The fourth-order valence-electron chi connectivity index (χ4n) is 2.18. The van der Waals surface area contributed by atoms with Gasteiger partial charge in [0.2, 0.25) is 0 Å². The highest BCUT2D eigenvalue weighted by atomic mass is 19.1. The van der Waals surface area contributed by atoms with Crippen LogP contribution < -0.4 is 10.5 Å². The Morgan fingerprint density at radius 1 is 1.47 bits per heavy atom. The molecule has 82 valence electrons. The molecule has 0 bridgehead atoms. The Balaban J connectivity index is 2.20. The Hall–Kier alpha value is -1.09. The summed E-state index contributed by atoms with van der Waals surface area (Å²) in [5.41, 5.74) is 6.86. The number of hydrogen-bond acceptors (Lipinski definition) is 2. The zero-order valence-electron chi connectivity index (χ0n) is 9.03. The molecule has 0 amide bonds. The number of rotatable bonds is 2. The molecule has 3 unspecified atom stereocenters. The minimum Gasteiger partial charge on any atom is -0.494 e. The average Bonchev–Trinajstić information content (AvgIpc) is 2.25. The molecule has 2 nitrogen and oxygen atoms in total. The Morgan fingerprint density at radius 3 is 2.67 bits per heavy atom. The van der Waals surface area contributed by atoms with Crippen LogP contribution in [0, 0.1) is 11.7 Å². The van der Waals surface area contributed by atoms with Crippen LogP contribution in [0.4, 0.5) is 4.39 Å². The van der Waals surface area contributed by atoms with Crippen LogP contribution in [-0.2, 0) is 0 Å². The zero-order valence-corrected chi connectivity index (χ0v) is 9.03. The van der Waals surface area contributed by atoms with Crippen LogP contribution in [-0.4, -0.2) is 13.2 Å². The minimum absolute atomic E-state index is 0.264. The molecule has 3 atom stereocenters. The summed E-state index contributed by atoms with van der Waals surface area (Å²) in [6.45, 7) is 2.11. The quantitative estimate of drug-likeness (QED) is 0.811. The summed E-state index contributed by atoms with van der Waals surface area (Å²) >= 11 is 0. The molecule has 1 aliphatic rings. The maximum Gasteiger partial charge on any atom is 0.165 e. The molecular weight excluding hydrogens is 193 g/mol. The molecule has 0 heterocycles. The molecule has 2 rings (SSSR count). The highest BCUT2D eigenvalue weighted by molar-refractivity contribution is 5.33. The molecule has 2 N–H and O–H groups in total. The largest absolute Gasteiger partial charge is 0.494 e. The Bertz CT molecular complexity index is 367. The van der Waals surface area contributed by atoms with Gasteiger partial charge >= 0.3 is 0 Å². The summed E-state index contributed by atoms with van der Waals surface area (Å²) < 4.78 is 18.3. The van der Waals surface area contributed by atoms with Crippen molar-refractivity contribution in [2.45, 2.75) is 25.3 Å². The normalized spacial score (nSPS) is 29.7. The van der Waals surface area contributed by atoms with Gasteiger partial charge in [0.1, 0.15) is 0 Å². The first-order valence-corrected chi connectivity index (χ1v) is 5.22. The topological polar surface area (TPSA) is 35.2 Å². The average molecular weight is 209 g/mol. The summed E-state index contributed by atoms with van der Waals surface area (Å²) in [7, 11) is 1.47. The van der Waals surface area contributed by atoms with Crippen LogP contribution >= 0.6 is 0 Å². The second-order valence-corrected chi connectivity index (χ2v) is 4.26. The molecule has 0 spiro atoms. The third kappa shape index (κ3) is 1.72. The molecule has 1 aromatic rings. The van der Waals surface area contributed by atoms with Crippen molar-refractivity contribution in [2.24, 2.45) is 11.7 Å². The van der Waals surface area contributed by atoms with Crippen molar-refractivity contribution < 1.29 is 9.13 Å². The van der Waals surface area contributed by atoms with Crippen molar-refractivity contribution >= 4 is 0 Å². The number of benzene rings is 1. The first-order chi connectivity index (χ1) is 7.13.